The Morgan fingerprint density at radius 2 is 1.58 bits per heavy atom. The first kappa shape index (κ1) is 13.6. The second-order valence-corrected chi connectivity index (χ2v) is 5.43. The van der Waals surface area contributed by atoms with Crippen LogP contribution in [0.4, 0.5) is 4.39 Å². The van der Waals surface area contributed by atoms with E-state index in [2.05, 4.69) is 0 Å². The third kappa shape index (κ3) is 3.58. The van der Waals surface area contributed by atoms with Crippen molar-refractivity contribution in [3.8, 4) is 0 Å². The van der Waals surface area contributed by atoms with Crippen molar-refractivity contribution >= 4 is 17.7 Å². The second kappa shape index (κ2) is 5.89. The first-order valence-corrected chi connectivity index (χ1v) is 6.62. The molecule has 0 spiro atoms. The number of carboxylic acids is 1. The maximum absolute atomic E-state index is 14.6. The zero-order valence-electron chi connectivity index (χ0n) is 10.1. The number of carboxylic acid groups (broad SMARTS) is 1. The summed E-state index contributed by atoms with van der Waals surface area (Å²) in [5, 5.41) is 6.80. The molecule has 0 saturated carbocycles. The van der Waals surface area contributed by atoms with Gasteiger partial charge in [0.1, 0.15) is 0 Å². The molecule has 98 valence electrons. The summed E-state index contributed by atoms with van der Waals surface area (Å²) < 4.78 is 14.6. The number of carbonyl (C=O) groups is 1. The molecule has 0 bridgehead atoms. The van der Waals surface area contributed by atoms with E-state index in [0.717, 1.165) is 11.8 Å². The van der Waals surface area contributed by atoms with Crippen LogP contribution in [0.2, 0.25) is 0 Å². The normalized spacial score (nSPS) is 13.7. The molecule has 1 atom stereocenters. The van der Waals surface area contributed by atoms with E-state index in [1.54, 1.807) is 48.5 Å². The van der Waals surface area contributed by atoms with Gasteiger partial charge in [0.05, 0.1) is 0 Å². The van der Waals surface area contributed by atoms with E-state index in [1.165, 1.54) is 0 Å². The van der Waals surface area contributed by atoms with Gasteiger partial charge in [-0.15, -0.1) is 0 Å². The fourth-order valence-corrected chi connectivity index (χ4v) is 2.68. The quantitative estimate of drug-likeness (QED) is 0.845. The van der Waals surface area contributed by atoms with E-state index in [1.807, 2.05) is 12.1 Å². The van der Waals surface area contributed by atoms with E-state index in [9.17, 15) is 9.18 Å². The predicted molar refractivity (Wildman–Crippen MR) is 73.9 cm³/mol. The number of thioether (sulfide) groups is 1. The summed E-state index contributed by atoms with van der Waals surface area (Å²) in [5.74, 6) is -1.45. The largest absolute Gasteiger partial charge is 0.478 e. The smallest absolute Gasteiger partial charge is 0.352 e. The molecule has 2 aromatic rings. The van der Waals surface area contributed by atoms with E-state index >= 15 is 0 Å². The summed E-state index contributed by atoms with van der Waals surface area (Å²) in [6.07, 6.45) is -0.164. The Morgan fingerprint density at radius 1 is 1.05 bits per heavy atom. The maximum atomic E-state index is 14.6. The SMILES string of the molecule is O=C(O)C(F)(Cc1ccccc1)Sc1ccccc1. The highest BCUT2D eigenvalue weighted by Gasteiger charge is 2.40. The highest BCUT2D eigenvalue weighted by Crippen LogP contribution is 2.37. The van der Waals surface area contributed by atoms with Gasteiger partial charge in [-0.3, -0.25) is 0 Å². The molecule has 2 rings (SSSR count). The van der Waals surface area contributed by atoms with Gasteiger partial charge in [-0.25, -0.2) is 9.18 Å². The highest BCUT2D eigenvalue weighted by atomic mass is 32.2. The van der Waals surface area contributed by atoms with Gasteiger partial charge in [-0.1, -0.05) is 60.3 Å². The average molecular weight is 276 g/mol. The zero-order chi connectivity index (χ0) is 13.7. The van der Waals surface area contributed by atoms with Gasteiger partial charge in [0.25, 0.3) is 5.00 Å². The lowest BCUT2D eigenvalue weighted by Crippen LogP contribution is -2.32. The van der Waals surface area contributed by atoms with Crippen molar-refractivity contribution in [3.05, 3.63) is 66.2 Å². The number of hydrogen-bond acceptors (Lipinski definition) is 2. The van der Waals surface area contributed by atoms with E-state index in [4.69, 9.17) is 5.11 Å². The summed E-state index contributed by atoms with van der Waals surface area (Å²) in [7, 11) is 0. The van der Waals surface area contributed by atoms with Gasteiger partial charge in [-0.2, -0.15) is 0 Å². The van der Waals surface area contributed by atoms with Crippen molar-refractivity contribution in [2.45, 2.75) is 16.3 Å². The van der Waals surface area contributed by atoms with Crippen LogP contribution in [0.1, 0.15) is 5.56 Å². The Morgan fingerprint density at radius 3 is 2.11 bits per heavy atom. The summed E-state index contributed by atoms with van der Waals surface area (Å²) in [4.78, 5) is 11.8. The van der Waals surface area contributed by atoms with Gasteiger partial charge in [0, 0.05) is 11.3 Å². The Kier molecular flexibility index (Phi) is 4.22. The number of alkyl halides is 1. The molecule has 0 radical (unpaired) electrons. The van der Waals surface area contributed by atoms with Crippen LogP contribution in [-0.4, -0.2) is 16.1 Å². The van der Waals surface area contributed by atoms with Crippen molar-refractivity contribution in [1.29, 1.82) is 0 Å². The molecule has 0 amide bonds. The van der Waals surface area contributed by atoms with Crippen LogP contribution in [0.25, 0.3) is 0 Å². The summed E-state index contributed by atoms with van der Waals surface area (Å²) in [5.41, 5.74) is 0.663. The molecule has 4 heteroatoms. The molecule has 0 aromatic heterocycles. The lowest BCUT2D eigenvalue weighted by atomic mass is 10.1. The minimum Gasteiger partial charge on any atom is -0.478 e. The number of hydrogen-bond donors (Lipinski definition) is 1. The Bertz CT molecular complexity index is 501. The first-order chi connectivity index (χ1) is 9.10. The van der Waals surface area contributed by atoms with Crippen molar-refractivity contribution < 1.29 is 14.3 Å². The molecule has 0 aliphatic carbocycles. The van der Waals surface area contributed by atoms with Crippen LogP contribution in [-0.2, 0) is 11.2 Å². The van der Waals surface area contributed by atoms with Crippen molar-refractivity contribution in [2.75, 3.05) is 0 Å². The fourth-order valence-electron chi connectivity index (χ4n) is 1.69. The van der Waals surface area contributed by atoms with Gasteiger partial charge in [-0.05, 0) is 17.7 Å². The molecule has 0 aliphatic rings. The molecule has 2 aromatic carbocycles. The van der Waals surface area contributed by atoms with Crippen LogP contribution >= 0.6 is 11.8 Å². The van der Waals surface area contributed by atoms with Gasteiger partial charge < -0.3 is 5.11 Å². The monoisotopic (exact) mass is 276 g/mol. The number of benzene rings is 2. The molecule has 0 heterocycles. The third-order valence-corrected chi connectivity index (χ3v) is 3.77. The summed E-state index contributed by atoms with van der Waals surface area (Å²) in [6, 6.07) is 17.5. The molecular weight excluding hydrogens is 263 g/mol. The third-order valence-electron chi connectivity index (χ3n) is 2.62. The van der Waals surface area contributed by atoms with Crippen molar-refractivity contribution in [1.82, 2.24) is 0 Å². The topological polar surface area (TPSA) is 37.3 Å². The zero-order valence-corrected chi connectivity index (χ0v) is 10.9. The number of halogens is 1. The summed E-state index contributed by atoms with van der Waals surface area (Å²) in [6.45, 7) is 0. The first-order valence-electron chi connectivity index (χ1n) is 5.80. The molecule has 0 fully saturated rings. The minimum atomic E-state index is -2.36. The average Bonchev–Trinajstić information content (AvgIpc) is 2.40. The number of rotatable bonds is 5. The molecule has 0 saturated heterocycles. The van der Waals surface area contributed by atoms with Crippen LogP contribution in [0.3, 0.4) is 0 Å². The van der Waals surface area contributed by atoms with Gasteiger partial charge >= 0.3 is 5.97 Å². The van der Waals surface area contributed by atoms with Crippen LogP contribution in [0.15, 0.2) is 65.6 Å². The maximum Gasteiger partial charge on any atom is 0.352 e. The molecular formula is C15H13FO2S. The molecule has 1 N–H and O–H groups in total. The molecule has 0 aliphatic heterocycles. The highest BCUT2D eigenvalue weighted by molar-refractivity contribution is 8.01. The minimum absolute atomic E-state index is 0.164. The van der Waals surface area contributed by atoms with E-state index in [-0.39, 0.29) is 6.42 Å². The summed E-state index contributed by atoms with van der Waals surface area (Å²) >= 11 is 0.728. The molecule has 1 unspecified atom stereocenters. The fraction of sp³-hybridized carbons (Fsp3) is 0.133. The molecule has 19 heavy (non-hydrogen) atoms. The van der Waals surface area contributed by atoms with E-state index < -0.39 is 11.0 Å². The van der Waals surface area contributed by atoms with Crippen LogP contribution in [0, 0.1) is 0 Å². The predicted octanol–water partition coefficient (Wildman–Crippen LogP) is 3.77. The Balaban J connectivity index is 2.21. The van der Waals surface area contributed by atoms with Gasteiger partial charge in [0.15, 0.2) is 0 Å². The van der Waals surface area contributed by atoms with Crippen molar-refractivity contribution in [3.63, 3.8) is 0 Å². The van der Waals surface area contributed by atoms with Crippen molar-refractivity contribution in [2.24, 2.45) is 0 Å². The van der Waals surface area contributed by atoms with Gasteiger partial charge in [0.2, 0.25) is 0 Å². The Labute approximate surface area is 115 Å². The lowest BCUT2D eigenvalue weighted by Gasteiger charge is -2.20. The molecule has 2 nitrogen and oxygen atoms in total. The number of aliphatic carboxylic acids is 1. The van der Waals surface area contributed by atoms with E-state index in [0.29, 0.717) is 10.5 Å². The van der Waals surface area contributed by atoms with Crippen LogP contribution < -0.4 is 0 Å². The van der Waals surface area contributed by atoms with Crippen LogP contribution in [0.5, 0.6) is 0 Å². The Hall–Kier alpha value is -1.81. The lowest BCUT2D eigenvalue weighted by molar-refractivity contribution is -0.144. The standard InChI is InChI=1S/C15H13FO2S/c16-15(14(17)18,11-12-7-3-1-4-8-12)19-13-9-5-2-6-10-13/h1-10H,11H2,(H,17,18). The second-order valence-electron chi connectivity index (χ2n) is 4.11.